The van der Waals surface area contributed by atoms with E-state index in [1.807, 2.05) is 18.2 Å². The van der Waals surface area contributed by atoms with E-state index in [1.54, 1.807) is 6.26 Å². The van der Waals surface area contributed by atoms with E-state index in [0.29, 0.717) is 0 Å². The fraction of sp³-hybridized carbons (Fsp3) is 0.421. The first-order valence-electron chi connectivity index (χ1n) is 8.64. The van der Waals surface area contributed by atoms with Crippen molar-refractivity contribution in [2.45, 2.75) is 18.9 Å². The lowest BCUT2D eigenvalue weighted by molar-refractivity contribution is 0.0392. The maximum absolute atomic E-state index is 5.67. The largest absolute Gasteiger partial charge is 0.467 e. The summed E-state index contributed by atoms with van der Waals surface area (Å²) in [5.41, 5.74) is 2.35. The van der Waals surface area contributed by atoms with E-state index >= 15 is 0 Å². The Morgan fingerprint density at radius 2 is 1.84 bits per heavy atom. The van der Waals surface area contributed by atoms with Crippen molar-refractivity contribution >= 4 is 23.8 Å². The highest BCUT2D eigenvalue weighted by molar-refractivity contribution is 5.89. The van der Waals surface area contributed by atoms with Crippen LogP contribution >= 0.6 is 12.4 Å². The van der Waals surface area contributed by atoms with Gasteiger partial charge < -0.3 is 9.15 Å². The molecule has 1 unspecified atom stereocenters. The fourth-order valence-electron chi connectivity index (χ4n) is 3.36. The lowest BCUT2D eigenvalue weighted by Gasteiger charge is -2.26. The molecule has 0 amide bonds. The zero-order valence-electron chi connectivity index (χ0n) is 14.2. The molecule has 2 aliphatic rings. The second-order valence-corrected chi connectivity index (χ2v) is 6.29. The molecule has 134 valence electrons. The summed E-state index contributed by atoms with van der Waals surface area (Å²) in [4.78, 5) is 2.46. The average Bonchev–Trinajstić information content (AvgIpc) is 3.31. The smallest absolute Gasteiger partial charge is 0.128 e. The van der Waals surface area contributed by atoms with Crippen molar-refractivity contribution in [2.24, 2.45) is 5.10 Å². The molecule has 0 aliphatic carbocycles. The number of nitrogens with zero attached hydrogens (tertiary/aromatic N) is 3. The number of benzene rings is 1. The molecule has 5 nitrogen and oxygen atoms in total. The first-order valence-corrected chi connectivity index (χ1v) is 8.64. The summed E-state index contributed by atoms with van der Waals surface area (Å²) in [5, 5.41) is 7.02. The fourth-order valence-corrected chi connectivity index (χ4v) is 3.36. The van der Waals surface area contributed by atoms with E-state index < -0.39 is 0 Å². The molecule has 25 heavy (non-hydrogen) atoms. The van der Waals surface area contributed by atoms with Gasteiger partial charge in [-0.05, 0) is 24.3 Å². The van der Waals surface area contributed by atoms with Crippen LogP contribution in [0.5, 0.6) is 0 Å². The predicted octanol–water partition coefficient (Wildman–Crippen LogP) is 3.73. The Morgan fingerprint density at radius 3 is 2.56 bits per heavy atom. The number of halogens is 1. The molecular weight excluding hydrogens is 338 g/mol. The van der Waals surface area contributed by atoms with Crippen molar-refractivity contribution in [1.82, 2.24) is 4.90 Å². The van der Waals surface area contributed by atoms with Gasteiger partial charge in [0.1, 0.15) is 11.8 Å². The van der Waals surface area contributed by atoms with Gasteiger partial charge in [-0.25, -0.2) is 0 Å². The molecule has 1 atom stereocenters. The van der Waals surface area contributed by atoms with Gasteiger partial charge in [0.25, 0.3) is 0 Å². The minimum Gasteiger partial charge on any atom is -0.467 e. The number of anilines is 1. The molecule has 0 radical (unpaired) electrons. The molecule has 3 heterocycles. The number of morpholine rings is 1. The lowest BCUT2D eigenvalue weighted by atomic mass is 10.1. The standard InChI is InChI=1S/C19H23N3O2.ClH/c1-2-5-17(6-3-1)22-18(19-7-4-12-24-19)15-16(20-22)8-9-21-10-13-23-14-11-21;/h1-7,12,18H,8-11,13-15H2;1H. The number of ether oxygens (including phenoxy) is 1. The summed E-state index contributed by atoms with van der Waals surface area (Å²) in [6.45, 7) is 4.79. The summed E-state index contributed by atoms with van der Waals surface area (Å²) in [5.74, 6) is 0.976. The second kappa shape index (κ2) is 8.52. The zero-order valence-corrected chi connectivity index (χ0v) is 15.0. The molecule has 4 rings (SSSR count). The maximum atomic E-state index is 5.67. The third-order valence-corrected chi connectivity index (χ3v) is 4.69. The number of para-hydroxylation sites is 1. The Labute approximate surface area is 154 Å². The lowest BCUT2D eigenvalue weighted by Crippen LogP contribution is -2.37. The van der Waals surface area contributed by atoms with Crippen molar-refractivity contribution in [3.8, 4) is 0 Å². The average molecular weight is 362 g/mol. The van der Waals surface area contributed by atoms with Crippen LogP contribution < -0.4 is 5.01 Å². The highest BCUT2D eigenvalue weighted by atomic mass is 35.5. The molecule has 0 N–H and O–H groups in total. The van der Waals surface area contributed by atoms with Crippen LogP contribution in [0.25, 0.3) is 0 Å². The zero-order chi connectivity index (χ0) is 16.2. The Bertz CT molecular complexity index is 669. The van der Waals surface area contributed by atoms with Crippen LogP contribution in [0, 0.1) is 0 Å². The molecule has 2 aliphatic heterocycles. The van der Waals surface area contributed by atoms with Gasteiger partial charge in [-0.2, -0.15) is 5.10 Å². The molecule has 0 bridgehead atoms. The minimum absolute atomic E-state index is 0. The van der Waals surface area contributed by atoms with E-state index in [0.717, 1.165) is 57.1 Å². The molecule has 6 heteroatoms. The van der Waals surface area contributed by atoms with Crippen LogP contribution in [0.15, 0.2) is 58.2 Å². The van der Waals surface area contributed by atoms with Gasteiger partial charge in [-0.1, -0.05) is 18.2 Å². The van der Waals surface area contributed by atoms with Gasteiger partial charge in [0.2, 0.25) is 0 Å². The summed E-state index contributed by atoms with van der Waals surface area (Å²) in [6, 6.07) is 14.5. The van der Waals surface area contributed by atoms with Crippen molar-refractivity contribution in [3.05, 3.63) is 54.5 Å². The van der Waals surface area contributed by atoms with E-state index in [1.165, 1.54) is 5.71 Å². The van der Waals surface area contributed by atoms with Gasteiger partial charge in [-0.3, -0.25) is 9.91 Å². The molecule has 0 saturated carbocycles. The number of hydrogen-bond donors (Lipinski definition) is 0. The normalized spacial score (nSPS) is 21.0. The summed E-state index contributed by atoms with van der Waals surface area (Å²) in [6.07, 6.45) is 3.66. The van der Waals surface area contributed by atoms with Gasteiger partial charge in [0.15, 0.2) is 0 Å². The van der Waals surface area contributed by atoms with E-state index in [9.17, 15) is 0 Å². The SMILES string of the molecule is Cl.c1ccc(N2N=C(CCN3CCOCC3)CC2c2ccco2)cc1. The van der Waals surface area contributed by atoms with Crippen molar-refractivity contribution in [1.29, 1.82) is 0 Å². The van der Waals surface area contributed by atoms with Crippen LogP contribution in [0.1, 0.15) is 24.6 Å². The Hall–Kier alpha value is -1.82. The summed E-state index contributed by atoms with van der Waals surface area (Å²) < 4.78 is 11.1. The van der Waals surface area contributed by atoms with Crippen LogP contribution in [0.3, 0.4) is 0 Å². The summed E-state index contributed by atoms with van der Waals surface area (Å²) in [7, 11) is 0. The van der Waals surface area contributed by atoms with E-state index in [2.05, 4.69) is 34.2 Å². The molecule has 1 fully saturated rings. The van der Waals surface area contributed by atoms with E-state index in [4.69, 9.17) is 14.3 Å². The Balaban J connectivity index is 0.00000182. The molecule has 1 aromatic carbocycles. The van der Waals surface area contributed by atoms with Crippen LogP contribution in [0.4, 0.5) is 5.69 Å². The predicted molar refractivity (Wildman–Crippen MR) is 102 cm³/mol. The quantitative estimate of drug-likeness (QED) is 0.813. The molecular formula is C19H24ClN3O2. The Kier molecular flexibility index (Phi) is 6.13. The second-order valence-electron chi connectivity index (χ2n) is 6.29. The molecule has 0 spiro atoms. The third kappa shape index (κ3) is 4.24. The summed E-state index contributed by atoms with van der Waals surface area (Å²) >= 11 is 0. The minimum atomic E-state index is 0. The molecule has 1 aromatic heterocycles. The number of rotatable bonds is 5. The number of hydrazone groups is 1. The topological polar surface area (TPSA) is 41.2 Å². The van der Waals surface area contributed by atoms with Crippen LogP contribution in [-0.4, -0.2) is 43.5 Å². The van der Waals surface area contributed by atoms with Crippen molar-refractivity contribution < 1.29 is 9.15 Å². The molecule has 2 aromatic rings. The monoisotopic (exact) mass is 361 g/mol. The molecule has 1 saturated heterocycles. The van der Waals surface area contributed by atoms with Crippen molar-refractivity contribution in [2.75, 3.05) is 37.9 Å². The number of hydrogen-bond acceptors (Lipinski definition) is 5. The van der Waals surface area contributed by atoms with Crippen LogP contribution in [-0.2, 0) is 4.74 Å². The van der Waals surface area contributed by atoms with Gasteiger partial charge in [0, 0.05) is 38.2 Å². The van der Waals surface area contributed by atoms with Gasteiger partial charge in [0.05, 0.1) is 25.2 Å². The number of furan rings is 1. The van der Waals surface area contributed by atoms with E-state index in [-0.39, 0.29) is 18.4 Å². The first kappa shape index (κ1) is 18.0. The van der Waals surface area contributed by atoms with Gasteiger partial charge >= 0.3 is 0 Å². The van der Waals surface area contributed by atoms with Crippen molar-refractivity contribution in [3.63, 3.8) is 0 Å². The highest BCUT2D eigenvalue weighted by Crippen LogP contribution is 2.35. The van der Waals surface area contributed by atoms with Crippen LogP contribution in [0.2, 0.25) is 0 Å². The third-order valence-electron chi connectivity index (χ3n) is 4.69. The highest BCUT2D eigenvalue weighted by Gasteiger charge is 2.31. The first-order chi connectivity index (χ1) is 11.9. The maximum Gasteiger partial charge on any atom is 0.128 e. The van der Waals surface area contributed by atoms with Gasteiger partial charge in [-0.15, -0.1) is 12.4 Å². The Morgan fingerprint density at radius 1 is 1.04 bits per heavy atom.